The molecule has 1 saturated carbocycles. The molecule has 0 bridgehead atoms. The fourth-order valence-corrected chi connectivity index (χ4v) is 2.61. The molecule has 2 aliphatic rings. The van der Waals surface area contributed by atoms with Crippen molar-refractivity contribution < 1.29 is 14.3 Å². The van der Waals surface area contributed by atoms with E-state index in [9.17, 15) is 4.79 Å². The van der Waals surface area contributed by atoms with Crippen molar-refractivity contribution in [1.29, 1.82) is 0 Å². The van der Waals surface area contributed by atoms with Gasteiger partial charge >= 0.3 is 0 Å². The van der Waals surface area contributed by atoms with Crippen molar-refractivity contribution in [3.05, 3.63) is 29.8 Å². The molecule has 0 unspecified atom stereocenters. The van der Waals surface area contributed by atoms with Crippen molar-refractivity contribution in [3.63, 3.8) is 0 Å². The second-order valence-corrected chi connectivity index (χ2v) is 5.64. The van der Waals surface area contributed by atoms with Crippen molar-refractivity contribution >= 4 is 11.6 Å². The number of nitrogens with one attached hydrogen (secondary N) is 1. The number of anilines is 1. The molecule has 108 valence electrons. The first kappa shape index (κ1) is 13.5. The van der Waals surface area contributed by atoms with Crippen molar-refractivity contribution in [2.75, 3.05) is 18.5 Å². The maximum atomic E-state index is 11.9. The third kappa shape index (κ3) is 3.00. The van der Waals surface area contributed by atoms with Crippen molar-refractivity contribution in [1.82, 2.24) is 0 Å². The van der Waals surface area contributed by atoms with Crippen LogP contribution in [0.1, 0.15) is 37.5 Å². The molecule has 0 atom stereocenters. The lowest BCUT2D eigenvalue weighted by Crippen LogP contribution is -2.48. The highest BCUT2D eigenvalue weighted by molar-refractivity contribution is 5.91. The minimum absolute atomic E-state index is 0.0201. The number of carbonyl (C=O) groups is 1. The van der Waals surface area contributed by atoms with Crippen molar-refractivity contribution in [2.24, 2.45) is 5.73 Å². The van der Waals surface area contributed by atoms with Crippen LogP contribution < -0.4 is 11.1 Å². The van der Waals surface area contributed by atoms with Crippen molar-refractivity contribution in [3.8, 4) is 0 Å². The van der Waals surface area contributed by atoms with Gasteiger partial charge in [0.1, 0.15) is 0 Å². The van der Waals surface area contributed by atoms with E-state index in [1.54, 1.807) is 0 Å². The first-order valence-corrected chi connectivity index (χ1v) is 7.07. The molecule has 1 aliphatic carbocycles. The monoisotopic (exact) mass is 276 g/mol. The van der Waals surface area contributed by atoms with Gasteiger partial charge in [-0.15, -0.1) is 0 Å². The summed E-state index contributed by atoms with van der Waals surface area (Å²) < 4.78 is 10.8. The molecule has 5 nitrogen and oxygen atoms in total. The minimum atomic E-state index is -0.282. The highest BCUT2D eigenvalue weighted by Crippen LogP contribution is 2.32. The van der Waals surface area contributed by atoms with Crippen LogP contribution in [0.5, 0.6) is 0 Å². The molecular weight excluding hydrogens is 256 g/mol. The first-order valence-electron chi connectivity index (χ1n) is 7.07. The highest BCUT2D eigenvalue weighted by atomic mass is 16.7. The molecule has 3 rings (SSSR count). The number of ether oxygens (including phenoxy) is 2. The van der Waals surface area contributed by atoms with E-state index in [-0.39, 0.29) is 17.7 Å². The van der Waals surface area contributed by atoms with Gasteiger partial charge in [0.05, 0.1) is 13.2 Å². The molecule has 3 N–H and O–H groups in total. The van der Waals surface area contributed by atoms with E-state index in [1.807, 2.05) is 24.3 Å². The van der Waals surface area contributed by atoms with E-state index < -0.39 is 0 Å². The molecular formula is C15H20N2O3. The van der Waals surface area contributed by atoms with Crippen molar-refractivity contribution in [2.45, 2.75) is 37.5 Å². The smallest absolute Gasteiger partial charge is 0.226 e. The molecule has 1 saturated heterocycles. The molecule has 0 radical (unpaired) electrons. The highest BCUT2D eigenvalue weighted by Gasteiger charge is 2.34. The lowest BCUT2D eigenvalue weighted by atomic mass is 9.75. The number of amides is 1. The van der Waals surface area contributed by atoms with E-state index in [1.165, 1.54) is 0 Å². The summed E-state index contributed by atoms with van der Waals surface area (Å²) in [5.74, 6) is -0.0201. The molecule has 1 aliphatic heterocycles. The molecule has 5 heteroatoms. The topological polar surface area (TPSA) is 73.6 Å². The Morgan fingerprint density at radius 1 is 1.25 bits per heavy atom. The number of carbonyl (C=O) groups excluding carboxylic acids is 1. The van der Waals surface area contributed by atoms with Crippen LogP contribution in [0.4, 0.5) is 5.69 Å². The number of benzene rings is 1. The average molecular weight is 276 g/mol. The van der Waals surface area contributed by atoms with Gasteiger partial charge in [-0.3, -0.25) is 4.79 Å². The fourth-order valence-electron chi connectivity index (χ4n) is 2.61. The molecule has 1 aromatic carbocycles. The largest absolute Gasteiger partial charge is 0.346 e. The maximum Gasteiger partial charge on any atom is 0.226 e. The van der Waals surface area contributed by atoms with E-state index >= 15 is 0 Å². The molecule has 2 fully saturated rings. The number of nitrogens with two attached hydrogens (primary N) is 1. The van der Waals surface area contributed by atoms with Crippen LogP contribution in [-0.2, 0) is 14.3 Å². The molecule has 1 heterocycles. The maximum absolute atomic E-state index is 11.9. The summed E-state index contributed by atoms with van der Waals surface area (Å²) in [7, 11) is 0. The summed E-state index contributed by atoms with van der Waals surface area (Å²) in [4.78, 5) is 11.9. The predicted molar refractivity (Wildman–Crippen MR) is 75.1 cm³/mol. The van der Waals surface area contributed by atoms with Crippen LogP contribution >= 0.6 is 0 Å². The third-order valence-electron chi connectivity index (χ3n) is 3.95. The summed E-state index contributed by atoms with van der Waals surface area (Å²) in [6.07, 6.45) is 3.12. The summed E-state index contributed by atoms with van der Waals surface area (Å²) in [5, 5.41) is 2.88. The molecule has 20 heavy (non-hydrogen) atoms. The Labute approximate surface area is 118 Å². The normalized spacial score (nSPS) is 21.4. The van der Waals surface area contributed by atoms with Crippen LogP contribution in [0.2, 0.25) is 0 Å². The number of rotatable bonds is 4. The van der Waals surface area contributed by atoms with E-state index in [0.717, 1.165) is 30.5 Å². The second-order valence-electron chi connectivity index (χ2n) is 5.64. The van der Waals surface area contributed by atoms with E-state index in [2.05, 4.69) is 5.32 Å². The van der Waals surface area contributed by atoms with Gasteiger partial charge in [-0.1, -0.05) is 12.1 Å². The third-order valence-corrected chi connectivity index (χ3v) is 3.95. The average Bonchev–Trinajstić information content (AvgIpc) is 2.91. The molecule has 0 aromatic heterocycles. The van der Waals surface area contributed by atoms with Gasteiger partial charge in [-0.2, -0.15) is 0 Å². The first-order chi connectivity index (χ1) is 9.65. The van der Waals surface area contributed by atoms with Gasteiger partial charge in [0, 0.05) is 23.2 Å². The second kappa shape index (κ2) is 5.52. The zero-order chi connectivity index (χ0) is 14.0. The summed E-state index contributed by atoms with van der Waals surface area (Å²) >= 11 is 0. The lowest BCUT2D eigenvalue weighted by Gasteiger charge is -2.37. The predicted octanol–water partition coefficient (Wildman–Crippen LogP) is 1.94. The number of hydrogen-bond acceptors (Lipinski definition) is 4. The van der Waals surface area contributed by atoms with Gasteiger partial charge in [0.25, 0.3) is 0 Å². The molecule has 1 aromatic rings. The van der Waals surface area contributed by atoms with Gasteiger partial charge in [0.15, 0.2) is 6.29 Å². The number of hydrogen-bond donors (Lipinski definition) is 2. The van der Waals surface area contributed by atoms with Crippen LogP contribution in [0.15, 0.2) is 24.3 Å². The molecule has 0 spiro atoms. The Morgan fingerprint density at radius 3 is 2.45 bits per heavy atom. The van der Waals surface area contributed by atoms with Gasteiger partial charge < -0.3 is 20.5 Å². The van der Waals surface area contributed by atoms with Crippen LogP contribution in [0.3, 0.4) is 0 Å². The Balaban J connectivity index is 1.56. The van der Waals surface area contributed by atoms with Gasteiger partial charge in [-0.05, 0) is 31.4 Å². The van der Waals surface area contributed by atoms with Crippen LogP contribution in [0.25, 0.3) is 0 Å². The molecule has 1 amide bonds. The zero-order valence-corrected chi connectivity index (χ0v) is 11.4. The van der Waals surface area contributed by atoms with Crippen LogP contribution in [-0.4, -0.2) is 24.7 Å². The van der Waals surface area contributed by atoms with E-state index in [4.69, 9.17) is 15.2 Å². The zero-order valence-electron chi connectivity index (χ0n) is 11.4. The Hall–Kier alpha value is -1.43. The summed E-state index contributed by atoms with van der Waals surface area (Å²) in [6, 6.07) is 7.55. The fraction of sp³-hybridized carbons (Fsp3) is 0.533. The Bertz CT molecular complexity index is 476. The van der Waals surface area contributed by atoms with Gasteiger partial charge in [-0.25, -0.2) is 0 Å². The summed E-state index contributed by atoms with van der Waals surface area (Å²) in [6.45, 7) is 1.25. The quantitative estimate of drug-likeness (QED) is 0.881. The lowest BCUT2D eigenvalue weighted by molar-refractivity contribution is -0.118. The van der Waals surface area contributed by atoms with Gasteiger partial charge in [0.2, 0.25) is 5.91 Å². The summed E-state index contributed by atoms with van der Waals surface area (Å²) in [5.41, 5.74) is 7.53. The Kier molecular flexibility index (Phi) is 3.74. The minimum Gasteiger partial charge on any atom is -0.346 e. The SMILES string of the molecule is NC1(CC(=O)Nc2ccc(C3OCCO3)cc2)CCC1. The standard InChI is InChI=1S/C15H20N2O3/c16-15(6-1-7-15)10-13(18)17-12-4-2-11(3-5-12)14-19-8-9-20-14/h2-5,14H,1,6-10,16H2,(H,17,18). The Morgan fingerprint density at radius 2 is 1.90 bits per heavy atom. The van der Waals surface area contributed by atoms with E-state index in [0.29, 0.717) is 19.6 Å². The van der Waals surface area contributed by atoms with Crippen LogP contribution in [0, 0.1) is 0 Å².